The summed E-state index contributed by atoms with van der Waals surface area (Å²) in [6, 6.07) is 8.63. The lowest BCUT2D eigenvalue weighted by Gasteiger charge is -2.07. The van der Waals surface area contributed by atoms with Crippen LogP contribution < -0.4 is 0 Å². The van der Waals surface area contributed by atoms with E-state index in [1.807, 2.05) is 0 Å². The van der Waals surface area contributed by atoms with Crippen molar-refractivity contribution in [3.05, 3.63) is 41.5 Å². The molecule has 0 saturated heterocycles. The van der Waals surface area contributed by atoms with Crippen LogP contribution in [0.1, 0.15) is 25.3 Å². The molecular formula is C17H17FN2S2. The molecule has 0 saturated carbocycles. The van der Waals surface area contributed by atoms with Gasteiger partial charge in [0.1, 0.15) is 16.2 Å². The van der Waals surface area contributed by atoms with Gasteiger partial charge in [0.2, 0.25) is 0 Å². The highest BCUT2D eigenvalue weighted by atomic mass is 32.2. The van der Waals surface area contributed by atoms with Gasteiger partial charge >= 0.3 is 0 Å². The second-order valence-electron chi connectivity index (χ2n) is 5.32. The maximum atomic E-state index is 12.5. The summed E-state index contributed by atoms with van der Waals surface area (Å²) < 4.78 is 12.5. The quantitative estimate of drug-likeness (QED) is 0.453. The molecule has 0 spiro atoms. The lowest BCUT2D eigenvalue weighted by Crippen LogP contribution is -1.89. The van der Waals surface area contributed by atoms with E-state index in [2.05, 4.69) is 53.5 Å². The van der Waals surface area contributed by atoms with Gasteiger partial charge in [-0.3, -0.25) is 4.39 Å². The molecule has 2 aromatic heterocycles. The van der Waals surface area contributed by atoms with Gasteiger partial charge in [-0.05, 0) is 17.0 Å². The molecule has 0 radical (unpaired) electrons. The Kier molecular flexibility index (Phi) is 4.74. The maximum absolute atomic E-state index is 12.5. The summed E-state index contributed by atoms with van der Waals surface area (Å²) in [6.45, 7) is 4.03. The first-order valence-corrected chi connectivity index (χ1v) is 9.08. The summed E-state index contributed by atoms with van der Waals surface area (Å²) in [7, 11) is 0. The number of alkyl halides is 1. The predicted octanol–water partition coefficient (Wildman–Crippen LogP) is 5.54. The van der Waals surface area contributed by atoms with E-state index >= 15 is 0 Å². The average molecular weight is 332 g/mol. The van der Waals surface area contributed by atoms with E-state index in [1.54, 1.807) is 17.7 Å². The Morgan fingerprint density at radius 1 is 1.18 bits per heavy atom. The number of halogens is 1. The zero-order chi connectivity index (χ0) is 15.5. The number of benzene rings is 1. The molecule has 0 aliphatic rings. The van der Waals surface area contributed by atoms with Crippen LogP contribution in [0, 0.1) is 0 Å². The van der Waals surface area contributed by atoms with E-state index in [0.29, 0.717) is 11.7 Å². The van der Waals surface area contributed by atoms with E-state index in [1.165, 1.54) is 17.3 Å². The molecular weight excluding hydrogens is 315 g/mol. The zero-order valence-corrected chi connectivity index (χ0v) is 14.2. The molecule has 0 unspecified atom stereocenters. The minimum atomic E-state index is -0.348. The SMILES string of the molecule is CC(C)c1ccc(-c2csc3ncnc(SCCF)c23)cc1. The molecule has 0 aliphatic heterocycles. The molecule has 1 aromatic carbocycles. The summed E-state index contributed by atoms with van der Waals surface area (Å²) in [6.07, 6.45) is 1.56. The van der Waals surface area contributed by atoms with Crippen molar-refractivity contribution in [2.75, 3.05) is 12.4 Å². The number of aromatic nitrogens is 2. The van der Waals surface area contributed by atoms with Crippen LogP contribution in [-0.2, 0) is 0 Å². The summed E-state index contributed by atoms with van der Waals surface area (Å²) in [4.78, 5) is 9.64. The first-order valence-electron chi connectivity index (χ1n) is 7.22. The number of thioether (sulfide) groups is 1. The molecule has 114 valence electrons. The Morgan fingerprint density at radius 3 is 2.64 bits per heavy atom. The molecule has 0 atom stereocenters. The number of thiophene rings is 1. The third-order valence-electron chi connectivity index (χ3n) is 3.54. The van der Waals surface area contributed by atoms with Gasteiger partial charge in [-0.25, -0.2) is 9.97 Å². The van der Waals surface area contributed by atoms with Gasteiger partial charge in [-0.2, -0.15) is 0 Å². The molecule has 3 aromatic rings. The summed E-state index contributed by atoms with van der Waals surface area (Å²) in [5.41, 5.74) is 3.62. The van der Waals surface area contributed by atoms with Crippen LogP contribution in [0.2, 0.25) is 0 Å². The number of fused-ring (bicyclic) bond motifs is 1. The minimum absolute atomic E-state index is 0.348. The highest BCUT2D eigenvalue weighted by Crippen LogP contribution is 2.38. The Balaban J connectivity index is 2.06. The lowest BCUT2D eigenvalue weighted by atomic mass is 9.99. The van der Waals surface area contributed by atoms with Crippen molar-refractivity contribution in [1.82, 2.24) is 9.97 Å². The van der Waals surface area contributed by atoms with E-state index in [9.17, 15) is 4.39 Å². The van der Waals surface area contributed by atoms with Crippen molar-refractivity contribution in [1.29, 1.82) is 0 Å². The van der Waals surface area contributed by atoms with Gasteiger partial charge in [0.05, 0.1) is 12.1 Å². The molecule has 2 heterocycles. The third kappa shape index (κ3) is 3.01. The number of hydrogen-bond donors (Lipinski definition) is 0. The monoisotopic (exact) mass is 332 g/mol. The van der Waals surface area contributed by atoms with E-state index < -0.39 is 0 Å². The predicted molar refractivity (Wildman–Crippen MR) is 93.6 cm³/mol. The second-order valence-corrected chi connectivity index (χ2v) is 7.26. The molecule has 0 amide bonds. The first-order chi connectivity index (χ1) is 10.7. The molecule has 3 rings (SSSR count). The Bertz CT molecular complexity index is 766. The van der Waals surface area contributed by atoms with E-state index in [4.69, 9.17) is 0 Å². The summed E-state index contributed by atoms with van der Waals surface area (Å²) in [5, 5.41) is 4.03. The third-order valence-corrected chi connectivity index (χ3v) is 5.37. The molecule has 5 heteroatoms. The smallest absolute Gasteiger partial charge is 0.128 e. The highest BCUT2D eigenvalue weighted by molar-refractivity contribution is 7.99. The second kappa shape index (κ2) is 6.75. The van der Waals surface area contributed by atoms with Gasteiger partial charge in [0.15, 0.2) is 0 Å². The van der Waals surface area contributed by atoms with Crippen LogP contribution in [0.3, 0.4) is 0 Å². The van der Waals surface area contributed by atoms with Crippen LogP contribution in [0.15, 0.2) is 41.0 Å². The zero-order valence-electron chi connectivity index (χ0n) is 12.5. The van der Waals surface area contributed by atoms with Gasteiger partial charge in [-0.15, -0.1) is 23.1 Å². The summed E-state index contributed by atoms with van der Waals surface area (Å²) >= 11 is 3.06. The van der Waals surface area contributed by atoms with Crippen LogP contribution >= 0.6 is 23.1 Å². The minimum Gasteiger partial charge on any atom is -0.250 e. The first kappa shape index (κ1) is 15.4. The van der Waals surface area contributed by atoms with Crippen molar-refractivity contribution >= 4 is 33.3 Å². The van der Waals surface area contributed by atoms with Crippen molar-refractivity contribution < 1.29 is 4.39 Å². The van der Waals surface area contributed by atoms with Crippen LogP contribution in [0.4, 0.5) is 4.39 Å². The normalized spacial score (nSPS) is 11.5. The fourth-order valence-corrected chi connectivity index (χ4v) is 4.08. The highest BCUT2D eigenvalue weighted by Gasteiger charge is 2.13. The standard InChI is InChI=1S/C17H17FN2S2/c1-11(2)12-3-5-13(6-4-12)14-9-22-17-15(14)16(19-10-20-17)21-8-7-18/h3-6,9-11H,7-8H2,1-2H3. The largest absolute Gasteiger partial charge is 0.250 e. The number of rotatable bonds is 5. The molecule has 2 nitrogen and oxygen atoms in total. The maximum Gasteiger partial charge on any atom is 0.128 e. The van der Waals surface area contributed by atoms with Crippen molar-refractivity contribution in [2.24, 2.45) is 0 Å². The Hall–Kier alpha value is -1.46. The molecule has 0 N–H and O–H groups in total. The molecule has 0 aliphatic carbocycles. The van der Waals surface area contributed by atoms with Gasteiger partial charge in [0, 0.05) is 16.7 Å². The number of hydrogen-bond acceptors (Lipinski definition) is 4. The lowest BCUT2D eigenvalue weighted by molar-refractivity contribution is 0.532. The van der Waals surface area contributed by atoms with Crippen molar-refractivity contribution in [3.63, 3.8) is 0 Å². The van der Waals surface area contributed by atoms with Crippen LogP contribution in [0.5, 0.6) is 0 Å². The number of nitrogens with zero attached hydrogens (tertiary/aromatic N) is 2. The molecule has 0 fully saturated rings. The van der Waals surface area contributed by atoms with E-state index in [-0.39, 0.29) is 6.67 Å². The fourth-order valence-electron chi connectivity index (χ4n) is 2.35. The van der Waals surface area contributed by atoms with Crippen LogP contribution in [-0.4, -0.2) is 22.4 Å². The topological polar surface area (TPSA) is 25.8 Å². The van der Waals surface area contributed by atoms with Crippen molar-refractivity contribution in [3.8, 4) is 11.1 Å². The van der Waals surface area contributed by atoms with E-state index in [0.717, 1.165) is 26.4 Å². The summed E-state index contributed by atoms with van der Waals surface area (Å²) in [5.74, 6) is 0.945. The van der Waals surface area contributed by atoms with Crippen LogP contribution in [0.25, 0.3) is 21.3 Å². The van der Waals surface area contributed by atoms with Gasteiger partial charge in [0.25, 0.3) is 0 Å². The Morgan fingerprint density at radius 2 is 1.95 bits per heavy atom. The fraction of sp³-hybridized carbons (Fsp3) is 0.294. The van der Waals surface area contributed by atoms with Gasteiger partial charge < -0.3 is 0 Å². The van der Waals surface area contributed by atoms with Crippen molar-refractivity contribution in [2.45, 2.75) is 24.8 Å². The molecule has 0 bridgehead atoms. The van der Waals surface area contributed by atoms with Gasteiger partial charge in [-0.1, -0.05) is 38.1 Å². The average Bonchev–Trinajstić information content (AvgIpc) is 2.97. The molecule has 22 heavy (non-hydrogen) atoms. The Labute approximate surface area is 137 Å².